The lowest BCUT2D eigenvalue weighted by molar-refractivity contribution is 0.534. The Kier molecular flexibility index (Phi) is 5.96. The maximum atomic E-state index is 5.62. The van der Waals surface area contributed by atoms with Crippen molar-refractivity contribution in [1.82, 2.24) is 19.9 Å². The van der Waals surface area contributed by atoms with Gasteiger partial charge in [0.2, 0.25) is 5.95 Å². The van der Waals surface area contributed by atoms with Crippen LogP contribution in [0.4, 0.5) is 11.1 Å². The first-order chi connectivity index (χ1) is 14.1. The van der Waals surface area contributed by atoms with Crippen LogP contribution in [0, 0.1) is 12.8 Å². The highest BCUT2D eigenvalue weighted by molar-refractivity contribution is 7.98. The predicted octanol–water partition coefficient (Wildman–Crippen LogP) is 4.93. The van der Waals surface area contributed by atoms with Gasteiger partial charge in [0.1, 0.15) is 0 Å². The van der Waals surface area contributed by atoms with Crippen molar-refractivity contribution in [2.24, 2.45) is 5.92 Å². The van der Waals surface area contributed by atoms with Gasteiger partial charge >= 0.3 is 0 Å². The summed E-state index contributed by atoms with van der Waals surface area (Å²) in [6.45, 7) is 5.61. The summed E-state index contributed by atoms with van der Waals surface area (Å²) < 4.78 is 6.74. The number of oxazole rings is 1. The van der Waals surface area contributed by atoms with Crippen LogP contribution in [0.3, 0.4) is 0 Å². The molecule has 9 heteroatoms. The smallest absolute Gasteiger partial charge is 0.222 e. The molecule has 150 valence electrons. The van der Waals surface area contributed by atoms with E-state index in [1.165, 1.54) is 0 Å². The number of nitrogens with one attached hydrogen (secondary N) is 2. The Balaban J connectivity index is 1.33. The van der Waals surface area contributed by atoms with Gasteiger partial charge in [-0.3, -0.25) is 0 Å². The molecule has 1 aromatic carbocycles. The first-order valence-corrected chi connectivity index (χ1v) is 11.3. The molecule has 0 saturated carbocycles. The lowest BCUT2D eigenvalue weighted by Crippen LogP contribution is -2.20. The van der Waals surface area contributed by atoms with E-state index in [0.717, 1.165) is 44.7 Å². The lowest BCUT2D eigenvalue weighted by Gasteiger charge is -2.13. The first kappa shape index (κ1) is 19.7. The molecule has 0 amide bonds. The zero-order valence-corrected chi connectivity index (χ0v) is 18.1. The Morgan fingerprint density at radius 3 is 2.62 bits per heavy atom. The summed E-state index contributed by atoms with van der Waals surface area (Å²) in [6.07, 6.45) is 7.43. The monoisotopic (exact) mass is 426 g/mol. The number of thiazole rings is 1. The molecule has 0 aliphatic carbocycles. The fourth-order valence-corrected chi connectivity index (χ4v) is 3.99. The van der Waals surface area contributed by atoms with Crippen LogP contribution < -0.4 is 10.6 Å². The van der Waals surface area contributed by atoms with Gasteiger partial charge < -0.3 is 15.1 Å². The predicted molar refractivity (Wildman–Crippen MR) is 120 cm³/mol. The van der Waals surface area contributed by atoms with Crippen molar-refractivity contribution >= 4 is 44.4 Å². The molecule has 0 aliphatic rings. The molecule has 1 atom stereocenters. The van der Waals surface area contributed by atoms with Crippen molar-refractivity contribution in [2.45, 2.75) is 18.7 Å². The van der Waals surface area contributed by atoms with Crippen LogP contribution in [0.5, 0.6) is 0 Å². The Morgan fingerprint density at radius 2 is 1.90 bits per heavy atom. The third-order valence-electron chi connectivity index (χ3n) is 4.37. The fourth-order valence-electron chi connectivity index (χ4n) is 2.76. The number of benzene rings is 1. The Hall–Kier alpha value is -2.65. The number of nitrogens with zero attached hydrogens (tertiary/aromatic N) is 4. The van der Waals surface area contributed by atoms with E-state index in [1.807, 2.05) is 37.7 Å². The molecule has 0 aliphatic heterocycles. The van der Waals surface area contributed by atoms with E-state index in [9.17, 15) is 0 Å². The maximum Gasteiger partial charge on any atom is 0.222 e. The van der Waals surface area contributed by atoms with Crippen molar-refractivity contribution < 1.29 is 4.42 Å². The molecule has 0 saturated heterocycles. The molecular weight excluding hydrogens is 404 g/mol. The summed E-state index contributed by atoms with van der Waals surface area (Å²) >= 11 is 3.27. The number of thioether (sulfide) groups is 1. The normalized spacial score (nSPS) is 12.2. The van der Waals surface area contributed by atoms with Gasteiger partial charge in [-0.25, -0.2) is 19.9 Å². The van der Waals surface area contributed by atoms with Gasteiger partial charge in [0.05, 0.1) is 16.4 Å². The minimum atomic E-state index is 0.388. The second kappa shape index (κ2) is 8.79. The maximum absolute atomic E-state index is 5.62. The summed E-state index contributed by atoms with van der Waals surface area (Å²) in [6, 6.07) is 6.13. The van der Waals surface area contributed by atoms with E-state index >= 15 is 0 Å². The molecule has 4 aromatic rings. The van der Waals surface area contributed by atoms with Gasteiger partial charge in [0.15, 0.2) is 16.8 Å². The van der Waals surface area contributed by atoms with Crippen molar-refractivity contribution in [3.05, 3.63) is 42.7 Å². The number of anilines is 2. The zero-order chi connectivity index (χ0) is 20.2. The van der Waals surface area contributed by atoms with Crippen LogP contribution in [-0.4, -0.2) is 39.3 Å². The van der Waals surface area contributed by atoms with Gasteiger partial charge in [-0.1, -0.05) is 18.3 Å². The summed E-state index contributed by atoms with van der Waals surface area (Å²) in [5.74, 6) is 2.49. The minimum absolute atomic E-state index is 0.388. The van der Waals surface area contributed by atoms with Gasteiger partial charge in [-0.05, 0) is 30.4 Å². The number of fused-ring (bicyclic) bond motifs is 1. The van der Waals surface area contributed by atoms with Gasteiger partial charge in [0.25, 0.3) is 0 Å². The third kappa shape index (κ3) is 4.86. The van der Waals surface area contributed by atoms with E-state index < -0.39 is 0 Å². The highest BCUT2D eigenvalue weighted by Gasteiger charge is 2.10. The Bertz CT molecular complexity index is 1090. The molecule has 3 heterocycles. The second-order valence-corrected chi connectivity index (χ2v) is 8.67. The van der Waals surface area contributed by atoms with Crippen LogP contribution >= 0.6 is 23.1 Å². The van der Waals surface area contributed by atoms with Gasteiger partial charge in [-0.15, -0.1) is 11.8 Å². The van der Waals surface area contributed by atoms with Crippen molar-refractivity contribution in [3.63, 3.8) is 0 Å². The molecule has 0 bridgehead atoms. The lowest BCUT2D eigenvalue weighted by atomic mass is 10.2. The average Bonchev–Trinajstić information content (AvgIpc) is 3.36. The number of hydrogen-bond acceptors (Lipinski definition) is 9. The summed E-state index contributed by atoms with van der Waals surface area (Å²) in [5, 5.41) is 7.64. The summed E-state index contributed by atoms with van der Waals surface area (Å²) in [7, 11) is 0. The van der Waals surface area contributed by atoms with Gasteiger partial charge in [0, 0.05) is 42.9 Å². The number of aromatic nitrogens is 4. The van der Waals surface area contributed by atoms with Crippen LogP contribution in [0.1, 0.15) is 12.8 Å². The number of rotatable bonds is 8. The molecule has 0 radical (unpaired) electrons. The Labute approximate surface area is 177 Å². The molecule has 4 rings (SSSR count). The van der Waals surface area contributed by atoms with Crippen molar-refractivity contribution in [1.29, 1.82) is 0 Å². The zero-order valence-electron chi connectivity index (χ0n) is 16.5. The van der Waals surface area contributed by atoms with E-state index in [4.69, 9.17) is 4.42 Å². The topological polar surface area (TPSA) is 88.8 Å². The Morgan fingerprint density at radius 1 is 1.10 bits per heavy atom. The van der Waals surface area contributed by atoms with Crippen LogP contribution in [0.15, 0.2) is 46.1 Å². The van der Waals surface area contributed by atoms with E-state index in [-0.39, 0.29) is 0 Å². The standard InChI is InChI=1S/C20H22N6OS2/c1-12(7-22-19-23-9-15(28-3)10-24-19)8-25-20-26-16-5-4-14(6-18(16)29-20)17-11-21-13(2)27-17/h4-6,9-12H,7-8H2,1-3H3,(H,25,26)(H,22,23,24). The van der Waals surface area contributed by atoms with Crippen molar-refractivity contribution in [2.75, 3.05) is 30.0 Å². The summed E-state index contributed by atoms with van der Waals surface area (Å²) in [5.41, 5.74) is 1.99. The second-order valence-electron chi connectivity index (χ2n) is 6.76. The number of hydrogen-bond donors (Lipinski definition) is 2. The first-order valence-electron chi connectivity index (χ1n) is 9.28. The molecule has 0 fully saturated rings. The summed E-state index contributed by atoms with van der Waals surface area (Å²) in [4.78, 5) is 18.5. The van der Waals surface area contributed by atoms with E-state index in [1.54, 1.807) is 29.3 Å². The molecule has 2 N–H and O–H groups in total. The van der Waals surface area contributed by atoms with Crippen LogP contribution in [-0.2, 0) is 0 Å². The van der Waals surface area contributed by atoms with Crippen LogP contribution in [0.2, 0.25) is 0 Å². The molecule has 1 unspecified atom stereocenters. The SMILES string of the molecule is CSc1cnc(NCC(C)CNc2nc3ccc(-c4cnc(C)o4)cc3s2)nc1. The average molecular weight is 427 g/mol. The molecule has 0 spiro atoms. The highest BCUT2D eigenvalue weighted by Crippen LogP contribution is 2.30. The molecule has 3 aromatic heterocycles. The third-order valence-corrected chi connectivity index (χ3v) is 6.03. The van der Waals surface area contributed by atoms with Crippen molar-refractivity contribution in [3.8, 4) is 11.3 Å². The van der Waals surface area contributed by atoms with E-state index in [2.05, 4.69) is 43.6 Å². The van der Waals surface area contributed by atoms with E-state index in [0.29, 0.717) is 17.8 Å². The van der Waals surface area contributed by atoms with Gasteiger partial charge in [-0.2, -0.15) is 0 Å². The highest BCUT2D eigenvalue weighted by atomic mass is 32.2. The largest absolute Gasteiger partial charge is 0.441 e. The molecule has 29 heavy (non-hydrogen) atoms. The quantitative estimate of drug-likeness (QED) is 0.383. The molecular formula is C20H22N6OS2. The molecule has 7 nitrogen and oxygen atoms in total. The fraction of sp³-hybridized carbons (Fsp3) is 0.300. The minimum Gasteiger partial charge on any atom is -0.441 e. The number of aryl methyl sites for hydroxylation is 1. The van der Waals surface area contributed by atoms with Crippen LogP contribution in [0.25, 0.3) is 21.5 Å².